The van der Waals surface area contributed by atoms with E-state index in [4.69, 9.17) is 0 Å². The van der Waals surface area contributed by atoms with Crippen molar-refractivity contribution < 1.29 is 4.79 Å². The molecule has 2 aromatic carbocycles. The Bertz CT molecular complexity index is 863. The third-order valence-electron chi connectivity index (χ3n) is 8.12. The number of rotatable bonds is 7. The van der Waals surface area contributed by atoms with Crippen LogP contribution in [0.2, 0.25) is 0 Å². The van der Waals surface area contributed by atoms with Gasteiger partial charge in [-0.05, 0) is 87.2 Å². The van der Waals surface area contributed by atoms with Crippen LogP contribution >= 0.6 is 0 Å². The number of amides is 1. The number of fused-ring (bicyclic) bond motifs is 3. The van der Waals surface area contributed by atoms with Gasteiger partial charge in [0.1, 0.15) is 0 Å². The Morgan fingerprint density at radius 3 is 2.31 bits per heavy atom. The number of benzene rings is 2. The molecule has 4 atom stereocenters. The van der Waals surface area contributed by atoms with Crippen molar-refractivity contribution in [2.24, 2.45) is 17.8 Å². The quantitative estimate of drug-likeness (QED) is 0.718. The van der Waals surface area contributed by atoms with Crippen LogP contribution in [0.1, 0.15) is 41.6 Å². The van der Waals surface area contributed by atoms with Crippen molar-refractivity contribution in [3.8, 4) is 0 Å². The average molecular weight is 432 g/mol. The first kappa shape index (κ1) is 21.7. The highest BCUT2D eigenvalue weighted by molar-refractivity contribution is 5.94. The maximum absolute atomic E-state index is 12.4. The summed E-state index contributed by atoms with van der Waals surface area (Å²) in [5.41, 5.74) is 2.26. The molecule has 0 aliphatic carbocycles. The SMILES string of the molecule is O=C(NC[C@H]1C[C@@H]2CCN1C[C@H]2CN1CCC(Cc2ccccc2)CC1)c1ccccc1. The fourth-order valence-corrected chi connectivity index (χ4v) is 6.22. The standard InChI is InChI=1S/C28H37N3O/c32-28(24-9-5-2-6-10-24)29-19-27-18-25-13-16-31(27)21-26(25)20-30-14-11-23(12-15-30)17-22-7-3-1-4-8-22/h1-10,23,25-27H,11-21H2,(H,29,32)/t25-,26+,27+/m0/s1. The zero-order valence-corrected chi connectivity index (χ0v) is 19.2. The monoisotopic (exact) mass is 431 g/mol. The van der Waals surface area contributed by atoms with Crippen LogP contribution in [0.3, 0.4) is 0 Å². The van der Waals surface area contributed by atoms with Gasteiger partial charge >= 0.3 is 0 Å². The second kappa shape index (κ2) is 10.2. The molecule has 1 amide bonds. The lowest BCUT2D eigenvalue weighted by molar-refractivity contribution is -0.0151. The molecule has 0 saturated carbocycles. The number of hydrogen-bond donors (Lipinski definition) is 1. The van der Waals surface area contributed by atoms with E-state index in [0.29, 0.717) is 6.04 Å². The maximum Gasteiger partial charge on any atom is 0.251 e. The third-order valence-corrected chi connectivity index (χ3v) is 8.12. The summed E-state index contributed by atoms with van der Waals surface area (Å²) in [5, 5.41) is 3.18. The van der Waals surface area contributed by atoms with Crippen LogP contribution in [0.4, 0.5) is 0 Å². The Morgan fingerprint density at radius 1 is 0.906 bits per heavy atom. The normalized spacial score (nSPS) is 28.5. The molecular formula is C28H37N3O. The first-order valence-corrected chi connectivity index (χ1v) is 12.6. The van der Waals surface area contributed by atoms with Gasteiger partial charge in [0, 0.05) is 31.2 Å². The van der Waals surface area contributed by atoms with Crippen molar-refractivity contribution in [3.63, 3.8) is 0 Å². The van der Waals surface area contributed by atoms with Gasteiger partial charge in [0.25, 0.3) is 5.91 Å². The summed E-state index contributed by atoms with van der Waals surface area (Å²) in [5.74, 6) is 2.53. The predicted octanol–water partition coefficient (Wildman–Crippen LogP) is 4.08. The lowest BCUT2D eigenvalue weighted by atomic mass is 9.75. The van der Waals surface area contributed by atoms with E-state index in [0.717, 1.165) is 29.9 Å². The molecule has 4 heteroatoms. The molecule has 4 heterocycles. The van der Waals surface area contributed by atoms with Crippen LogP contribution in [0, 0.1) is 17.8 Å². The highest BCUT2D eigenvalue weighted by Gasteiger charge is 2.40. The van der Waals surface area contributed by atoms with Crippen molar-refractivity contribution in [2.75, 3.05) is 39.3 Å². The molecular weight excluding hydrogens is 394 g/mol. The van der Waals surface area contributed by atoms with Crippen LogP contribution < -0.4 is 5.32 Å². The molecule has 4 saturated heterocycles. The van der Waals surface area contributed by atoms with Gasteiger partial charge in [0.05, 0.1) is 0 Å². The Kier molecular flexibility index (Phi) is 6.89. The van der Waals surface area contributed by atoms with Crippen molar-refractivity contribution in [1.29, 1.82) is 0 Å². The highest BCUT2D eigenvalue weighted by atomic mass is 16.1. The van der Waals surface area contributed by atoms with E-state index in [9.17, 15) is 4.79 Å². The largest absolute Gasteiger partial charge is 0.350 e. The van der Waals surface area contributed by atoms with Crippen LogP contribution in [-0.2, 0) is 6.42 Å². The van der Waals surface area contributed by atoms with E-state index in [1.54, 1.807) is 0 Å². The Morgan fingerprint density at radius 2 is 1.62 bits per heavy atom. The Balaban J connectivity index is 1.06. The summed E-state index contributed by atoms with van der Waals surface area (Å²) < 4.78 is 0. The lowest BCUT2D eigenvalue weighted by Gasteiger charge is -2.51. The van der Waals surface area contributed by atoms with E-state index >= 15 is 0 Å². The van der Waals surface area contributed by atoms with Crippen LogP contribution in [0.15, 0.2) is 60.7 Å². The summed E-state index contributed by atoms with van der Waals surface area (Å²) in [6.45, 7) is 6.98. The van der Waals surface area contributed by atoms with Gasteiger partial charge in [0.2, 0.25) is 0 Å². The van der Waals surface area contributed by atoms with Gasteiger partial charge < -0.3 is 10.2 Å². The van der Waals surface area contributed by atoms with Crippen molar-refractivity contribution in [3.05, 3.63) is 71.8 Å². The summed E-state index contributed by atoms with van der Waals surface area (Å²) in [7, 11) is 0. The zero-order valence-electron chi connectivity index (χ0n) is 19.2. The second-order valence-electron chi connectivity index (χ2n) is 10.2. The fraction of sp³-hybridized carbons (Fsp3) is 0.536. The number of carbonyl (C=O) groups excluding carboxylic acids is 1. The molecule has 6 rings (SSSR count). The molecule has 2 aromatic rings. The minimum Gasteiger partial charge on any atom is -0.350 e. The van der Waals surface area contributed by atoms with Gasteiger partial charge in [-0.15, -0.1) is 0 Å². The number of carbonyl (C=O) groups is 1. The number of nitrogens with one attached hydrogen (secondary N) is 1. The molecule has 2 bridgehead atoms. The van der Waals surface area contributed by atoms with E-state index in [2.05, 4.69) is 45.4 Å². The first-order chi connectivity index (χ1) is 15.7. The maximum atomic E-state index is 12.4. The fourth-order valence-electron chi connectivity index (χ4n) is 6.22. The molecule has 0 radical (unpaired) electrons. The third kappa shape index (κ3) is 5.24. The van der Waals surface area contributed by atoms with E-state index in [1.807, 2.05) is 30.3 Å². The predicted molar refractivity (Wildman–Crippen MR) is 130 cm³/mol. The Labute approximate surface area is 193 Å². The number of hydrogen-bond acceptors (Lipinski definition) is 3. The van der Waals surface area contributed by atoms with Crippen LogP contribution in [0.25, 0.3) is 0 Å². The lowest BCUT2D eigenvalue weighted by Crippen LogP contribution is -2.58. The molecule has 0 aromatic heterocycles. The van der Waals surface area contributed by atoms with Gasteiger partial charge in [-0.3, -0.25) is 9.69 Å². The number of piperidine rings is 4. The van der Waals surface area contributed by atoms with Crippen LogP contribution in [0.5, 0.6) is 0 Å². The smallest absolute Gasteiger partial charge is 0.251 e. The average Bonchev–Trinajstić information content (AvgIpc) is 2.85. The first-order valence-electron chi connectivity index (χ1n) is 12.6. The van der Waals surface area contributed by atoms with Gasteiger partial charge in [-0.1, -0.05) is 48.5 Å². The zero-order chi connectivity index (χ0) is 21.8. The number of nitrogens with zero attached hydrogens (tertiary/aromatic N) is 2. The molecule has 32 heavy (non-hydrogen) atoms. The van der Waals surface area contributed by atoms with Crippen molar-refractivity contribution in [1.82, 2.24) is 15.1 Å². The number of likely N-dealkylation sites (tertiary alicyclic amines) is 1. The van der Waals surface area contributed by atoms with Crippen molar-refractivity contribution in [2.45, 2.75) is 38.1 Å². The molecule has 4 nitrogen and oxygen atoms in total. The summed E-state index contributed by atoms with van der Waals surface area (Å²) in [4.78, 5) is 17.8. The second-order valence-corrected chi connectivity index (χ2v) is 10.2. The van der Waals surface area contributed by atoms with Gasteiger partial charge in [-0.2, -0.15) is 0 Å². The van der Waals surface area contributed by atoms with E-state index in [-0.39, 0.29) is 5.91 Å². The minimum absolute atomic E-state index is 0.0585. The summed E-state index contributed by atoms with van der Waals surface area (Å²) in [6.07, 6.45) is 6.49. The van der Waals surface area contributed by atoms with E-state index in [1.165, 1.54) is 70.4 Å². The highest BCUT2D eigenvalue weighted by Crippen LogP contribution is 2.37. The molecule has 0 spiro atoms. The van der Waals surface area contributed by atoms with Crippen LogP contribution in [-0.4, -0.2) is 61.0 Å². The Hall–Kier alpha value is -2.17. The molecule has 4 aliphatic heterocycles. The summed E-state index contributed by atoms with van der Waals surface area (Å²) >= 11 is 0. The minimum atomic E-state index is 0.0585. The van der Waals surface area contributed by atoms with Gasteiger partial charge in [-0.25, -0.2) is 0 Å². The van der Waals surface area contributed by atoms with E-state index < -0.39 is 0 Å². The summed E-state index contributed by atoms with van der Waals surface area (Å²) in [6, 6.07) is 21.1. The molecule has 4 fully saturated rings. The topological polar surface area (TPSA) is 35.6 Å². The van der Waals surface area contributed by atoms with Gasteiger partial charge in [0.15, 0.2) is 0 Å². The molecule has 1 unspecified atom stereocenters. The molecule has 1 N–H and O–H groups in total. The molecule has 4 aliphatic rings. The molecule has 170 valence electrons. The van der Waals surface area contributed by atoms with Crippen molar-refractivity contribution >= 4 is 5.91 Å².